The van der Waals surface area contributed by atoms with E-state index in [1.807, 2.05) is 6.92 Å². The molecule has 0 spiro atoms. The van der Waals surface area contributed by atoms with Crippen LogP contribution in [0.2, 0.25) is 0 Å². The van der Waals surface area contributed by atoms with Crippen molar-refractivity contribution >= 4 is 0 Å². The molecule has 1 unspecified atom stereocenters. The van der Waals surface area contributed by atoms with Gasteiger partial charge < -0.3 is 4.74 Å². The Morgan fingerprint density at radius 3 is 2.92 bits per heavy atom. The fourth-order valence-corrected chi connectivity index (χ4v) is 1.70. The molecule has 0 saturated heterocycles. The van der Waals surface area contributed by atoms with E-state index in [2.05, 4.69) is 19.6 Å². The van der Waals surface area contributed by atoms with Gasteiger partial charge in [0, 0.05) is 6.61 Å². The van der Waals surface area contributed by atoms with Crippen LogP contribution in [0.15, 0.2) is 23.8 Å². The maximum absolute atomic E-state index is 5.38. The van der Waals surface area contributed by atoms with Crippen LogP contribution in [0, 0.1) is 5.92 Å². The molecule has 0 bridgehead atoms. The van der Waals surface area contributed by atoms with Crippen molar-refractivity contribution in [2.75, 3.05) is 13.2 Å². The first kappa shape index (κ1) is 10.5. The van der Waals surface area contributed by atoms with Crippen molar-refractivity contribution in [3.05, 3.63) is 23.8 Å². The maximum atomic E-state index is 5.38. The number of hydrogen-bond acceptors (Lipinski definition) is 1. The first-order valence-corrected chi connectivity index (χ1v) is 5.15. The molecule has 0 aromatic rings. The van der Waals surface area contributed by atoms with Crippen LogP contribution >= 0.6 is 0 Å². The second-order valence-electron chi connectivity index (χ2n) is 3.82. The molecule has 1 heteroatoms. The number of rotatable bonds is 4. The highest BCUT2D eigenvalue weighted by atomic mass is 16.5. The summed E-state index contributed by atoms with van der Waals surface area (Å²) in [7, 11) is 0. The molecular formula is C12H20O. The van der Waals surface area contributed by atoms with Crippen molar-refractivity contribution in [2.45, 2.75) is 33.1 Å². The third kappa shape index (κ3) is 3.35. The van der Waals surface area contributed by atoms with Gasteiger partial charge >= 0.3 is 0 Å². The van der Waals surface area contributed by atoms with Gasteiger partial charge in [0.25, 0.3) is 0 Å². The van der Waals surface area contributed by atoms with E-state index >= 15 is 0 Å². The monoisotopic (exact) mass is 180 g/mol. The van der Waals surface area contributed by atoms with E-state index in [9.17, 15) is 0 Å². The van der Waals surface area contributed by atoms with Gasteiger partial charge in [-0.15, -0.1) is 0 Å². The topological polar surface area (TPSA) is 9.23 Å². The number of allylic oxidation sites excluding steroid dienone is 2. The lowest BCUT2D eigenvalue weighted by molar-refractivity contribution is 0.166. The van der Waals surface area contributed by atoms with Gasteiger partial charge in [-0.3, -0.25) is 0 Å². The van der Waals surface area contributed by atoms with Crippen LogP contribution in [-0.4, -0.2) is 13.2 Å². The third-order valence-corrected chi connectivity index (χ3v) is 2.69. The summed E-state index contributed by atoms with van der Waals surface area (Å²) in [6.45, 7) is 9.83. The Kier molecular flexibility index (Phi) is 4.23. The summed E-state index contributed by atoms with van der Waals surface area (Å²) in [6.07, 6.45) is 5.95. The summed E-state index contributed by atoms with van der Waals surface area (Å²) in [6, 6.07) is 0. The lowest BCUT2D eigenvalue weighted by Gasteiger charge is -2.21. The quantitative estimate of drug-likeness (QED) is 0.603. The van der Waals surface area contributed by atoms with E-state index in [0.29, 0.717) is 5.92 Å². The first-order chi connectivity index (χ1) is 6.24. The number of ether oxygens (including phenoxy) is 1. The van der Waals surface area contributed by atoms with Gasteiger partial charge in [-0.1, -0.05) is 18.2 Å². The fraction of sp³-hybridized carbons (Fsp3) is 0.667. The lowest BCUT2D eigenvalue weighted by atomic mass is 9.86. The van der Waals surface area contributed by atoms with Gasteiger partial charge in [0.05, 0.1) is 6.61 Å². The van der Waals surface area contributed by atoms with Crippen LogP contribution in [0.5, 0.6) is 0 Å². The summed E-state index contributed by atoms with van der Waals surface area (Å²) in [4.78, 5) is 0. The van der Waals surface area contributed by atoms with Gasteiger partial charge in [-0.05, 0) is 44.6 Å². The van der Waals surface area contributed by atoms with E-state index in [4.69, 9.17) is 4.74 Å². The molecular weight excluding hydrogens is 160 g/mol. The Morgan fingerprint density at radius 1 is 1.69 bits per heavy atom. The predicted octanol–water partition coefficient (Wildman–Crippen LogP) is 3.33. The SMILES string of the molecule is C=C(C)C1CC=C(COCC)CC1. The first-order valence-electron chi connectivity index (χ1n) is 5.15. The number of hydrogen-bond donors (Lipinski definition) is 0. The Morgan fingerprint density at radius 2 is 2.46 bits per heavy atom. The average molecular weight is 180 g/mol. The molecule has 13 heavy (non-hydrogen) atoms. The van der Waals surface area contributed by atoms with Gasteiger partial charge in [0.1, 0.15) is 0 Å². The highest BCUT2D eigenvalue weighted by molar-refractivity contribution is 5.12. The molecule has 0 saturated carbocycles. The van der Waals surface area contributed by atoms with Crippen molar-refractivity contribution in [3.63, 3.8) is 0 Å². The van der Waals surface area contributed by atoms with Crippen molar-refractivity contribution in [1.82, 2.24) is 0 Å². The van der Waals surface area contributed by atoms with E-state index < -0.39 is 0 Å². The van der Waals surface area contributed by atoms with Crippen LogP contribution in [0.3, 0.4) is 0 Å². The van der Waals surface area contributed by atoms with Gasteiger partial charge in [0.2, 0.25) is 0 Å². The zero-order valence-corrected chi connectivity index (χ0v) is 8.81. The third-order valence-electron chi connectivity index (χ3n) is 2.69. The molecule has 0 amide bonds. The lowest BCUT2D eigenvalue weighted by Crippen LogP contribution is -2.09. The molecule has 1 rings (SSSR count). The summed E-state index contributed by atoms with van der Waals surface area (Å²) in [5.74, 6) is 0.713. The highest BCUT2D eigenvalue weighted by Crippen LogP contribution is 2.27. The standard InChI is InChI=1S/C12H20O/c1-4-13-9-11-5-7-12(8-6-11)10(2)3/h5,12H,2,4,6-9H2,1,3H3. The summed E-state index contributed by atoms with van der Waals surface area (Å²) in [5, 5.41) is 0. The molecule has 1 atom stereocenters. The van der Waals surface area contributed by atoms with Crippen LogP contribution in [-0.2, 0) is 4.74 Å². The summed E-state index contributed by atoms with van der Waals surface area (Å²) in [5.41, 5.74) is 2.80. The van der Waals surface area contributed by atoms with Crippen LogP contribution in [0.25, 0.3) is 0 Å². The predicted molar refractivity (Wildman–Crippen MR) is 56.7 cm³/mol. The smallest absolute Gasteiger partial charge is 0.0676 e. The Balaban J connectivity index is 2.34. The van der Waals surface area contributed by atoms with E-state index in [1.54, 1.807) is 0 Å². The minimum absolute atomic E-state index is 0.713. The van der Waals surface area contributed by atoms with Crippen molar-refractivity contribution in [2.24, 2.45) is 5.92 Å². The highest BCUT2D eigenvalue weighted by Gasteiger charge is 2.14. The van der Waals surface area contributed by atoms with Crippen LogP contribution < -0.4 is 0 Å². The minimum Gasteiger partial charge on any atom is -0.377 e. The molecule has 0 heterocycles. The van der Waals surface area contributed by atoms with Crippen molar-refractivity contribution < 1.29 is 4.74 Å². The Labute approximate surface area is 81.5 Å². The Hall–Kier alpha value is -0.560. The van der Waals surface area contributed by atoms with E-state index in [0.717, 1.165) is 19.6 Å². The molecule has 0 aromatic carbocycles. The van der Waals surface area contributed by atoms with Gasteiger partial charge in [0.15, 0.2) is 0 Å². The average Bonchev–Trinajstić information content (AvgIpc) is 2.15. The molecule has 1 aliphatic carbocycles. The largest absolute Gasteiger partial charge is 0.377 e. The molecule has 1 nitrogen and oxygen atoms in total. The summed E-state index contributed by atoms with van der Waals surface area (Å²) >= 11 is 0. The minimum atomic E-state index is 0.713. The molecule has 1 aliphatic rings. The molecule has 0 aromatic heterocycles. The zero-order chi connectivity index (χ0) is 9.68. The van der Waals surface area contributed by atoms with E-state index in [1.165, 1.54) is 24.0 Å². The van der Waals surface area contributed by atoms with Crippen LogP contribution in [0.4, 0.5) is 0 Å². The van der Waals surface area contributed by atoms with Crippen molar-refractivity contribution in [3.8, 4) is 0 Å². The molecule has 0 N–H and O–H groups in total. The van der Waals surface area contributed by atoms with Gasteiger partial charge in [-0.2, -0.15) is 0 Å². The van der Waals surface area contributed by atoms with Crippen molar-refractivity contribution in [1.29, 1.82) is 0 Å². The molecule has 0 fully saturated rings. The molecule has 0 radical (unpaired) electrons. The zero-order valence-electron chi connectivity index (χ0n) is 8.81. The van der Waals surface area contributed by atoms with Crippen LogP contribution in [0.1, 0.15) is 33.1 Å². The van der Waals surface area contributed by atoms with Gasteiger partial charge in [-0.25, -0.2) is 0 Å². The fourth-order valence-electron chi connectivity index (χ4n) is 1.70. The molecule has 74 valence electrons. The second-order valence-corrected chi connectivity index (χ2v) is 3.82. The maximum Gasteiger partial charge on any atom is 0.0676 e. The summed E-state index contributed by atoms with van der Waals surface area (Å²) < 4.78 is 5.38. The Bertz CT molecular complexity index is 203. The second kappa shape index (κ2) is 5.23. The molecule has 0 aliphatic heterocycles. The normalized spacial score (nSPS) is 22.6. The van der Waals surface area contributed by atoms with E-state index in [-0.39, 0.29) is 0 Å².